The van der Waals surface area contributed by atoms with Crippen LogP contribution in [0.1, 0.15) is 22.8 Å². The van der Waals surface area contributed by atoms with Crippen LogP contribution in [-0.2, 0) is 11.3 Å². The molecule has 0 aliphatic carbocycles. The fraction of sp³-hybridized carbons (Fsp3) is 0.381. The predicted molar refractivity (Wildman–Crippen MR) is 109 cm³/mol. The van der Waals surface area contributed by atoms with Crippen LogP contribution in [0.3, 0.4) is 0 Å². The molecule has 1 N–H and O–H groups in total. The van der Waals surface area contributed by atoms with Gasteiger partial charge in [-0.2, -0.15) is 0 Å². The molecule has 1 fully saturated rings. The summed E-state index contributed by atoms with van der Waals surface area (Å²) in [6.45, 7) is 5.13. The van der Waals surface area contributed by atoms with Gasteiger partial charge in [0.15, 0.2) is 0 Å². The molecule has 2 heterocycles. The van der Waals surface area contributed by atoms with Crippen molar-refractivity contribution in [3.63, 3.8) is 0 Å². The number of ether oxygens (including phenoxy) is 2. The first-order valence-electron chi connectivity index (χ1n) is 9.64. The third-order valence-electron chi connectivity index (χ3n) is 4.75. The number of anilines is 1. The summed E-state index contributed by atoms with van der Waals surface area (Å²) in [4.78, 5) is 32.3. The zero-order valence-electron chi connectivity index (χ0n) is 16.8. The van der Waals surface area contributed by atoms with Crippen molar-refractivity contribution in [3.8, 4) is 5.75 Å². The van der Waals surface area contributed by atoms with Crippen molar-refractivity contribution in [1.82, 2.24) is 15.2 Å². The molecule has 1 aromatic carbocycles. The Morgan fingerprint density at radius 2 is 1.79 bits per heavy atom. The van der Waals surface area contributed by atoms with Crippen molar-refractivity contribution in [3.05, 3.63) is 53.7 Å². The third-order valence-corrected chi connectivity index (χ3v) is 4.75. The van der Waals surface area contributed by atoms with Crippen molar-refractivity contribution in [2.75, 3.05) is 44.8 Å². The van der Waals surface area contributed by atoms with Gasteiger partial charge in [0.2, 0.25) is 0 Å². The normalized spacial score (nSPS) is 13.7. The van der Waals surface area contributed by atoms with Crippen molar-refractivity contribution in [2.24, 2.45) is 0 Å². The Labute approximate surface area is 170 Å². The number of carbonyl (C=O) groups excluding carboxylic acids is 2. The third kappa shape index (κ3) is 5.37. The minimum absolute atomic E-state index is 0.174. The Bertz CT molecular complexity index is 816. The largest absolute Gasteiger partial charge is 0.497 e. The Kier molecular flexibility index (Phi) is 6.89. The molecule has 0 bridgehead atoms. The van der Waals surface area contributed by atoms with Gasteiger partial charge in [-0.05, 0) is 36.8 Å². The van der Waals surface area contributed by atoms with Crippen molar-refractivity contribution < 1.29 is 19.1 Å². The fourth-order valence-corrected chi connectivity index (χ4v) is 3.07. The maximum Gasteiger partial charge on any atom is 0.409 e. The van der Waals surface area contributed by atoms with Gasteiger partial charge in [-0.3, -0.25) is 4.79 Å². The second kappa shape index (κ2) is 9.77. The first-order chi connectivity index (χ1) is 14.1. The van der Waals surface area contributed by atoms with Gasteiger partial charge in [0.25, 0.3) is 5.91 Å². The number of amides is 2. The van der Waals surface area contributed by atoms with Crippen LogP contribution in [-0.4, -0.2) is 61.8 Å². The summed E-state index contributed by atoms with van der Waals surface area (Å²) >= 11 is 0. The zero-order valence-corrected chi connectivity index (χ0v) is 16.8. The second-order valence-electron chi connectivity index (χ2n) is 6.61. The van der Waals surface area contributed by atoms with Gasteiger partial charge in [0.05, 0.1) is 19.3 Å². The maximum atomic E-state index is 12.4. The summed E-state index contributed by atoms with van der Waals surface area (Å²) in [5, 5.41) is 2.89. The molecule has 8 heteroatoms. The van der Waals surface area contributed by atoms with Gasteiger partial charge in [-0.1, -0.05) is 12.1 Å². The molecule has 2 amide bonds. The number of piperazine rings is 1. The zero-order chi connectivity index (χ0) is 20.6. The number of hydrogen-bond acceptors (Lipinski definition) is 6. The van der Waals surface area contributed by atoms with Gasteiger partial charge < -0.3 is 24.6 Å². The molecule has 0 radical (unpaired) electrons. The van der Waals surface area contributed by atoms with Gasteiger partial charge in [0.1, 0.15) is 11.6 Å². The molecule has 1 aliphatic rings. The van der Waals surface area contributed by atoms with Crippen LogP contribution in [0.15, 0.2) is 42.6 Å². The minimum atomic E-state index is -0.274. The van der Waals surface area contributed by atoms with E-state index in [0.29, 0.717) is 44.9 Å². The summed E-state index contributed by atoms with van der Waals surface area (Å²) in [5.41, 5.74) is 1.50. The van der Waals surface area contributed by atoms with Crippen LogP contribution in [0.5, 0.6) is 5.75 Å². The summed E-state index contributed by atoms with van der Waals surface area (Å²) in [7, 11) is 1.62. The van der Waals surface area contributed by atoms with E-state index in [1.54, 1.807) is 31.2 Å². The molecule has 0 atom stereocenters. The van der Waals surface area contributed by atoms with Gasteiger partial charge in [-0.15, -0.1) is 0 Å². The van der Waals surface area contributed by atoms with Crippen LogP contribution >= 0.6 is 0 Å². The lowest BCUT2D eigenvalue weighted by molar-refractivity contribution is 0.0949. The Hall–Kier alpha value is -3.29. The second-order valence-corrected chi connectivity index (χ2v) is 6.61. The number of hydrogen-bond donors (Lipinski definition) is 1. The highest BCUT2D eigenvalue weighted by Crippen LogP contribution is 2.15. The lowest BCUT2D eigenvalue weighted by atomic mass is 10.2. The van der Waals surface area contributed by atoms with Gasteiger partial charge in [0, 0.05) is 38.9 Å². The van der Waals surface area contributed by atoms with E-state index in [-0.39, 0.29) is 12.0 Å². The van der Waals surface area contributed by atoms with E-state index in [2.05, 4.69) is 15.2 Å². The first-order valence-corrected chi connectivity index (χ1v) is 9.64. The standard InChI is InChI=1S/C21H26N4O4/c1-3-29-21(27)25-12-10-24(11-13-25)19-9-6-17(15-22-19)20(26)23-14-16-4-7-18(28-2)8-5-16/h4-9,15H,3,10-14H2,1-2H3,(H,23,26). The molecule has 1 aromatic heterocycles. The Balaban J connectivity index is 1.50. The molecule has 1 aliphatic heterocycles. The Morgan fingerprint density at radius 3 is 2.38 bits per heavy atom. The molecule has 1 saturated heterocycles. The van der Waals surface area contributed by atoms with Crippen molar-refractivity contribution >= 4 is 17.8 Å². The molecule has 29 heavy (non-hydrogen) atoms. The maximum absolute atomic E-state index is 12.4. The Morgan fingerprint density at radius 1 is 1.07 bits per heavy atom. The average molecular weight is 398 g/mol. The summed E-state index contributed by atoms with van der Waals surface area (Å²) in [6, 6.07) is 11.2. The number of carbonyl (C=O) groups is 2. The van der Waals surface area contributed by atoms with E-state index < -0.39 is 0 Å². The van der Waals surface area contributed by atoms with Gasteiger partial charge >= 0.3 is 6.09 Å². The lowest BCUT2D eigenvalue weighted by Crippen LogP contribution is -2.49. The predicted octanol–water partition coefficient (Wildman–Crippen LogP) is 2.30. The monoisotopic (exact) mass is 398 g/mol. The molecule has 0 saturated carbocycles. The summed E-state index contributed by atoms with van der Waals surface area (Å²) < 4.78 is 10.2. The van der Waals surface area contributed by atoms with Crippen LogP contribution < -0.4 is 15.0 Å². The number of nitrogens with one attached hydrogen (secondary N) is 1. The van der Waals surface area contributed by atoms with E-state index in [1.165, 1.54) is 0 Å². The molecule has 2 aromatic rings. The van der Waals surface area contributed by atoms with Crippen LogP contribution in [0, 0.1) is 0 Å². The van der Waals surface area contributed by atoms with E-state index in [4.69, 9.17) is 9.47 Å². The van der Waals surface area contributed by atoms with E-state index in [9.17, 15) is 9.59 Å². The number of benzene rings is 1. The molecule has 3 rings (SSSR count). The molecule has 8 nitrogen and oxygen atoms in total. The lowest BCUT2D eigenvalue weighted by Gasteiger charge is -2.34. The molecule has 154 valence electrons. The highest BCUT2D eigenvalue weighted by molar-refractivity contribution is 5.94. The number of nitrogens with zero attached hydrogens (tertiary/aromatic N) is 3. The SMILES string of the molecule is CCOC(=O)N1CCN(c2ccc(C(=O)NCc3ccc(OC)cc3)cn2)CC1. The number of aromatic nitrogens is 1. The van der Waals surface area contributed by atoms with E-state index in [0.717, 1.165) is 17.1 Å². The minimum Gasteiger partial charge on any atom is -0.497 e. The smallest absolute Gasteiger partial charge is 0.409 e. The quantitative estimate of drug-likeness (QED) is 0.804. The topological polar surface area (TPSA) is 84.0 Å². The van der Waals surface area contributed by atoms with Crippen LogP contribution in [0.4, 0.5) is 10.6 Å². The highest BCUT2D eigenvalue weighted by Gasteiger charge is 2.22. The number of methoxy groups -OCH3 is 1. The molecular weight excluding hydrogens is 372 g/mol. The molecule has 0 unspecified atom stereocenters. The summed E-state index contributed by atoms with van der Waals surface area (Å²) in [6.07, 6.45) is 1.31. The molecule has 0 spiro atoms. The average Bonchev–Trinajstić information content (AvgIpc) is 2.78. The van der Waals surface area contributed by atoms with E-state index >= 15 is 0 Å². The number of pyridine rings is 1. The van der Waals surface area contributed by atoms with Crippen molar-refractivity contribution in [1.29, 1.82) is 0 Å². The fourth-order valence-electron chi connectivity index (χ4n) is 3.07. The number of rotatable bonds is 6. The van der Waals surface area contributed by atoms with Crippen LogP contribution in [0.2, 0.25) is 0 Å². The first kappa shape index (κ1) is 20.4. The van der Waals surface area contributed by atoms with E-state index in [1.807, 2.05) is 30.3 Å². The van der Waals surface area contributed by atoms with Crippen LogP contribution in [0.25, 0.3) is 0 Å². The molecular formula is C21H26N4O4. The van der Waals surface area contributed by atoms with Crippen molar-refractivity contribution in [2.45, 2.75) is 13.5 Å². The summed E-state index contributed by atoms with van der Waals surface area (Å²) in [5.74, 6) is 1.40. The highest BCUT2D eigenvalue weighted by atomic mass is 16.6. The van der Waals surface area contributed by atoms with Gasteiger partial charge in [-0.25, -0.2) is 9.78 Å².